The van der Waals surface area contributed by atoms with Crippen LogP contribution in [-0.2, 0) is 5.75 Å². The first-order valence-corrected chi connectivity index (χ1v) is 6.66. The third kappa shape index (κ3) is 4.56. The van der Waals surface area contributed by atoms with Gasteiger partial charge >= 0.3 is 0 Å². The van der Waals surface area contributed by atoms with E-state index in [0.717, 1.165) is 5.75 Å². The average molecular weight is 239 g/mol. The number of benzene rings is 1. The summed E-state index contributed by atoms with van der Waals surface area (Å²) in [5.74, 6) is 1.61. The molecule has 1 unspecified atom stereocenters. The van der Waals surface area contributed by atoms with Gasteiger partial charge in [0.1, 0.15) is 0 Å². The Bertz CT molecular complexity index is 330. The van der Waals surface area contributed by atoms with Crippen molar-refractivity contribution in [2.24, 2.45) is 5.73 Å². The molecular weight excluding hydrogens is 218 g/mol. The van der Waals surface area contributed by atoms with Gasteiger partial charge in [0.05, 0.1) is 5.60 Å². The zero-order valence-corrected chi connectivity index (χ0v) is 11.1. The van der Waals surface area contributed by atoms with Crippen LogP contribution in [0.25, 0.3) is 0 Å². The number of aryl methyl sites for hydroxylation is 2. The van der Waals surface area contributed by atoms with E-state index in [1.165, 1.54) is 16.7 Å². The Balaban J connectivity index is 2.49. The molecule has 3 N–H and O–H groups in total. The van der Waals surface area contributed by atoms with E-state index in [-0.39, 0.29) is 0 Å². The zero-order valence-electron chi connectivity index (χ0n) is 10.3. The second-order valence-electron chi connectivity index (χ2n) is 4.69. The minimum absolute atomic E-state index is 0.312. The molecule has 3 heteroatoms. The number of nitrogens with two attached hydrogens (primary N) is 1. The molecule has 1 rings (SSSR count). The maximum Gasteiger partial charge on any atom is 0.0831 e. The van der Waals surface area contributed by atoms with Crippen molar-refractivity contribution in [3.8, 4) is 0 Å². The molecule has 0 fully saturated rings. The Morgan fingerprint density at radius 3 is 2.31 bits per heavy atom. The summed E-state index contributed by atoms with van der Waals surface area (Å²) in [4.78, 5) is 0. The van der Waals surface area contributed by atoms with E-state index in [0.29, 0.717) is 12.3 Å². The van der Waals surface area contributed by atoms with E-state index < -0.39 is 5.60 Å². The number of rotatable bonds is 5. The highest BCUT2D eigenvalue weighted by Crippen LogP contribution is 2.19. The lowest BCUT2D eigenvalue weighted by Gasteiger charge is -2.20. The van der Waals surface area contributed by atoms with Gasteiger partial charge in [-0.15, -0.1) is 0 Å². The van der Waals surface area contributed by atoms with Crippen molar-refractivity contribution in [2.75, 3.05) is 12.3 Å². The largest absolute Gasteiger partial charge is 0.388 e. The summed E-state index contributed by atoms with van der Waals surface area (Å²) in [6, 6.07) is 6.55. The summed E-state index contributed by atoms with van der Waals surface area (Å²) in [6.45, 7) is 6.31. The van der Waals surface area contributed by atoms with Crippen molar-refractivity contribution in [3.05, 3.63) is 34.9 Å². The Hall–Kier alpha value is -0.510. The standard InChI is InChI=1S/C13H21NOS/c1-10-4-11(2)6-12(5-10)7-16-9-13(3,15)8-14/h4-6,15H,7-9,14H2,1-3H3. The van der Waals surface area contributed by atoms with Crippen LogP contribution in [0.2, 0.25) is 0 Å². The van der Waals surface area contributed by atoms with Crippen molar-refractivity contribution in [1.29, 1.82) is 0 Å². The molecule has 0 saturated carbocycles. The van der Waals surface area contributed by atoms with Gasteiger partial charge < -0.3 is 10.8 Å². The Morgan fingerprint density at radius 2 is 1.81 bits per heavy atom. The van der Waals surface area contributed by atoms with Crippen molar-refractivity contribution in [2.45, 2.75) is 32.1 Å². The number of hydrogen-bond donors (Lipinski definition) is 2. The highest BCUT2D eigenvalue weighted by molar-refractivity contribution is 7.98. The zero-order chi connectivity index (χ0) is 12.2. The third-order valence-corrected chi connectivity index (χ3v) is 3.77. The van der Waals surface area contributed by atoms with E-state index in [1.807, 2.05) is 0 Å². The van der Waals surface area contributed by atoms with Crippen LogP contribution in [0.4, 0.5) is 0 Å². The molecule has 0 bridgehead atoms. The molecule has 0 aliphatic rings. The number of hydrogen-bond acceptors (Lipinski definition) is 3. The molecule has 0 aliphatic heterocycles. The minimum atomic E-state index is -0.746. The molecule has 16 heavy (non-hydrogen) atoms. The van der Waals surface area contributed by atoms with Crippen molar-refractivity contribution < 1.29 is 5.11 Å². The lowest BCUT2D eigenvalue weighted by Crippen LogP contribution is -2.36. The van der Waals surface area contributed by atoms with Gasteiger partial charge in [-0.05, 0) is 26.3 Å². The van der Waals surface area contributed by atoms with Gasteiger partial charge in [0.15, 0.2) is 0 Å². The summed E-state index contributed by atoms with van der Waals surface area (Å²) in [6.07, 6.45) is 0. The van der Waals surface area contributed by atoms with E-state index in [9.17, 15) is 5.11 Å². The molecule has 2 nitrogen and oxygen atoms in total. The van der Waals surface area contributed by atoms with Gasteiger partial charge in [-0.2, -0.15) is 11.8 Å². The predicted octanol–water partition coefficient (Wildman–Crippen LogP) is 2.25. The van der Waals surface area contributed by atoms with Gasteiger partial charge in [0.25, 0.3) is 0 Å². The Morgan fingerprint density at radius 1 is 1.25 bits per heavy atom. The van der Waals surface area contributed by atoms with Crippen LogP contribution < -0.4 is 5.73 Å². The quantitative estimate of drug-likeness (QED) is 0.828. The monoisotopic (exact) mass is 239 g/mol. The van der Waals surface area contributed by atoms with Crippen molar-refractivity contribution >= 4 is 11.8 Å². The fourth-order valence-corrected chi connectivity index (χ4v) is 2.66. The first-order valence-electron chi connectivity index (χ1n) is 5.50. The van der Waals surface area contributed by atoms with Crippen LogP contribution in [0.3, 0.4) is 0 Å². The van der Waals surface area contributed by atoms with E-state index in [2.05, 4.69) is 32.0 Å². The van der Waals surface area contributed by atoms with Crippen LogP contribution >= 0.6 is 11.8 Å². The van der Waals surface area contributed by atoms with Crippen molar-refractivity contribution in [1.82, 2.24) is 0 Å². The summed E-state index contributed by atoms with van der Waals surface area (Å²) in [7, 11) is 0. The first kappa shape index (κ1) is 13.6. The predicted molar refractivity (Wildman–Crippen MR) is 71.8 cm³/mol. The molecule has 0 radical (unpaired) electrons. The topological polar surface area (TPSA) is 46.2 Å². The third-order valence-electron chi connectivity index (χ3n) is 2.40. The summed E-state index contributed by atoms with van der Waals surface area (Å²) < 4.78 is 0. The van der Waals surface area contributed by atoms with Gasteiger partial charge in [-0.1, -0.05) is 29.3 Å². The molecule has 0 amide bonds. The molecule has 0 heterocycles. The Labute approximate surface area is 102 Å². The van der Waals surface area contributed by atoms with E-state index in [4.69, 9.17) is 5.73 Å². The molecule has 0 saturated heterocycles. The second kappa shape index (κ2) is 5.71. The molecule has 1 aromatic carbocycles. The molecule has 90 valence electrons. The molecule has 0 spiro atoms. The Kier molecular flexibility index (Phi) is 4.84. The number of aliphatic hydroxyl groups is 1. The maximum atomic E-state index is 9.76. The second-order valence-corrected chi connectivity index (χ2v) is 5.68. The van der Waals surface area contributed by atoms with Crippen molar-refractivity contribution in [3.63, 3.8) is 0 Å². The normalized spacial score (nSPS) is 14.8. The summed E-state index contributed by atoms with van der Waals surface area (Å²) in [5, 5.41) is 9.76. The fraction of sp³-hybridized carbons (Fsp3) is 0.538. The summed E-state index contributed by atoms with van der Waals surface area (Å²) in [5.41, 5.74) is 8.62. The van der Waals surface area contributed by atoms with Gasteiger partial charge in [0.2, 0.25) is 0 Å². The average Bonchev–Trinajstić information content (AvgIpc) is 2.16. The first-order chi connectivity index (χ1) is 7.43. The van der Waals surface area contributed by atoms with Gasteiger partial charge in [0, 0.05) is 18.1 Å². The maximum absolute atomic E-state index is 9.76. The van der Waals surface area contributed by atoms with Crippen LogP contribution in [-0.4, -0.2) is 23.0 Å². The lowest BCUT2D eigenvalue weighted by molar-refractivity contribution is 0.0949. The van der Waals surface area contributed by atoms with Crippen LogP contribution in [0.5, 0.6) is 0 Å². The SMILES string of the molecule is Cc1cc(C)cc(CSCC(C)(O)CN)c1. The van der Waals surface area contributed by atoms with Gasteiger partial charge in [-0.25, -0.2) is 0 Å². The van der Waals surface area contributed by atoms with E-state index >= 15 is 0 Å². The molecule has 0 aliphatic carbocycles. The smallest absolute Gasteiger partial charge is 0.0831 e. The molecule has 1 atom stereocenters. The van der Waals surface area contributed by atoms with Crippen LogP contribution in [0, 0.1) is 13.8 Å². The number of thioether (sulfide) groups is 1. The fourth-order valence-electron chi connectivity index (χ4n) is 1.60. The van der Waals surface area contributed by atoms with Crippen LogP contribution in [0.15, 0.2) is 18.2 Å². The van der Waals surface area contributed by atoms with Crippen LogP contribution in [0.1, 0.15) is 23.6 Å². The van der Waals surface area contributed by atoms with Gasteiger partial charge in [-0.3, -0.25) is 0 Å². The highest BCUT2D eigenvalue weighted by Gasteiger charge is 2.17. The summed E-state index contributed by atoms with van der Waals surface area (Å²) >= 11 is 1.73. The minimum Gasteiger partial charge on any atom is -0.388 e. The molecule has 1 aromatic rings. The highest BCUT2D eigenvalue weighted by atomic mass is 32.2. The molecule has 0 aromatic heterocycles. The molecular formula is C13H21NOS. The lowest BCUT2D eigenvalue weighted by atomic mass is 10.1. The van der Waals surface area contributed by atoms with E-state index in [1.54, 1.807) is 18.7 Å².